The largest absolute Gasteiger partial charge is 0.494 e. The first kappa shape index (κ1) is 16.3. The summed E-state index contributed by atoms with van der Waals surface area (Å²) in [5.41, 5.74) is 1.30. The quantitative estimate of drug-likeness (QED) is 0.515. The van der Waals surface area contributed by atoms with Gasteiger partial charge in [0, 0.05) is 10.7 Å². The summed E-state index contributed by atoms with van der Waals surface area (Å²) in [6.07, 6.45) is 4.40. The van der Waals surface area contributed by atoms with Crippen LogP contribution in [-0.4, -0.2) is 20.8 Å². The molecule has 0 amide bonds. The van der Waals surface area contributed by atoms with Crippen LogP contribution in [0.25, 0.3) is 0 Å². The van der Waals surface area contributed by atoms with Gasteiger partial charge in [-0.2, -0.15) is 0 Å². The van der Waals surface area contributed by atoms with E-state index in [-0.39, 0.29) is 5.75 Å². The summed E-state index contributed by atoms with van der Waals surface area (Å²) < 4.78 is 27.0. The maximum absolute atomic E-state index is 10.7. The Morgan fingerprint density at radius 3 is 2.26 bits per heavy atom. The van der Waals surface area contributed by atoms with Gasteiger partial charge in [-0.3, -0.25) is 0 Å². The van der Waals surface area contributed by atoms with Crippen molar-refractivity contribution in [3.05, 3.63) is 29.8 Å². The molecule has 0 saturated heterocycles. The third kappa shape index (κ3) is 8.11. The predicted octanol–water partition coefficient (Wildman–Crippen LogP) is 3.76. The standard InChI is InChI=1S/C14H21ClO3S/c1-2-13-7-9-14(10-8-13)18-11-5-3-4-6-12-19(15,16)17/h7-10H,2-6,11-12H2,1H3. The second-order valence-electron chi connectivity index (χ2n) is 4.50. The van der Waals surface area contributed by atoms with Crippen molar-refractivity contribution in [2.75, 3.05) is 12.4 Å². The summed E-state index contributed by atoms with van der Waals surface area (Å²) in [5, 5.41) is 0. The zero-order chi connectivity index (χ0) is 14.1. The van der Waals surface area contributed by atoms with Crippen molar-refractivity contribution in [1.29, 1.82) is 0 Å². The first-order valence-electron chi connectivity index (χ1n) is 6.65. The number of hydrogen-bond acceptors (Lipinski definition) is 3. The zero-order valence-electron chi connectivity index (χ0n) is 11.3. The molecule has 0 atom stereocenters. The van der Waals surface area contributed by atoms with Crippen molar-refractivity contribution in [2.45, 2.75) is 39.0 Å². The van der Waals surface area contributed by atoms with Gasteiger partial charge in [0.2, 0.25) is 9.05 Å². The van der Waals surface area contributed by atoms with E-state index in [1.54, 1.807) is 0 Å². The van der Waals surface area contributed by atoms with Crippen molar-refractivity contribution >= 4 is 19.7 Å². The minimum absolute atomic E-state index is 0.0634. The maximum atomic E-state index is 10.7. The minimum Gasteiger partial charge on any atom is -0.494 e. The number of aryl methyl sites for hydroxylation is 1. The molecular formula is C14H21ClO3S. The minimum atomic E-state index is -3.33. The lowest BCUT2D eigenvalue weighted by Gasteiger charge is -2.06. The highest BCUT2D eigenvalue weighted by atomic mass is 35.7. The lowest BCUT2D eigenvalue weighted by Crippen LogP contribution is -1.99. The monoisotopic (exact) mass is 304 g/mol. The number of unbranched alkanes of at least 4 members (excludes halogenated alkanes) is 3. The second kappa shape index (κ2) is 8.43. The fourth-order valence-corrected chi connectivity index (χ4v) is 2.62. The van der Waals surface area contributed by atoms with Crippen LogP contribution in [0.1, 0.15) is 38.2 Å². The van der Waals surface area contributed by atoms with E-state index in [2.05, 4.69) is 19.1 Å². The average molecular weight is 305 g/mol. The van der Waals surface area contributed by atoms with Crippen LogP contribution in [0.3, 0.4) is 0 Å². The van der Waals surface area contributed by atoms with Gasteiger partial charge >= 0.3 is 0 Å². The molecule has 1 rings (SSSR count). The molecule has 0 unspecified atom stereocenters. The van der Waals surface area contributed by atoms with Gasteiger partial charge in [-0.05, 0) is 37.0 Å². The molecule has 0 aromatic heterocycles. The first-order valence-corrected chi connectivity index (χ1v) is 9.13. The maximum Gasteiger partial charge on any atom is 0.232 e. The van der Waals surface area contributed by atoms with Gasteiger partial charge in [-0.25, -0.2) is 8.42 Å². The molecule has 108 valence electrons. The van der Waals surface area contributed by atoms with E-state index < -0.39 is 9.05 Å². The Balaban J connectivity index is 2.07. The van der Waals surface area contributed by atoms with Crippen LogP contribution in [-0.2, 0) is 15.5 Å². The van der Waals surface area contributed by atoms with E-state index in [0.29, 0.717) is 13.0 Å². The van der Waals surface area contributed by atoms with Gasteiger partial charge in [0.05, 0.1) is 12.4 Å². The Morgan fingerprint density at radius 2 is 1.68 bits per heavy atom. The van der Waals surface area contributed by atoms with E-state index in [9.17, 15) is 8.42 Å². The SMILES string of the molecule is CCc1ccc(OCCCCCCS(=O)(=O)Cl)cc1. The summed E-state index contributed by atoms with van der Waals surface area (Å²) in [6.45, 7) is 2.79. The Hall–Kier alpha value is -0.740. The zero-order valence-corrected chi connectivity index (χ0v) is 12.8. The summed E-state index contributed by atoms with van der Waals surface area (Å²) in [6, 6.07) is 8.11. The molecule has 0 N–H and O–H groups in total. The molecular weight excluding hydrogens is 284 g/mol. The molecule has 3 nitrogen and oxygen atoms in total. The van der Waals surface area contributed by atoms with Gasteiger partial charge in [0.25, 0.3) is 0 Å². The first-order chi connectivity index (χ1) is 9.01. The predicted molar refractivity (Wildman–Crippen MR) is 79.4 cm³/mol. The topological polar surface area (TPSA) is 43.4 Å². The molecule has 0 fully saturated rings. The molecule has 1 aromatic rings. The number of benzene rings is 1. The Morgan fingerprint density at radius 1 is 1.05 bits per heavy atom. The smallest absolute Gasteiger partial charge is 0.232 e. The Bertz CT molecular complexity index is 454. The van der Waals surface area contributed by atoms with Gasteiger partial charge < -0.3 is 4.74 Å². The van der Waals surface area contributed by atoms with Crippen molar-refractivity contribution in [1.82, 2.24) is 0 Å². The highest BCUT2D eigenvalue weighted by Gasteiger charge is 2.03. The van der Waals surface area contributed by atoms with Crippen LogP contribution in [0.4, 0.5) is 0 Å². The van der Waals surface area contributed by atoms with Crippen molar-refractivity contribution in [3.63, 3.8) is 0 Å². The summed E-state index contributed by atoms with van der Waals surface area (Å²) >= 11 is 0. The van der Waals surface area contributed by atoms with Crippen molar-refractivity contribution < 1.29 is 13.2 Å². The van der Waals surface area contributed by atoms with E-state index in [1.165, 1.54) is 5.56 Å². The van der Waals surface area contributed by atoms with E-state index in [0.717, 1.165) is 31.4 Å². The van der Waals surface area contributed by atoms with Crippen LogP contribution in [0.2, 0.25) is 0 Å². The van der Waals surface area contributed by atoms with Crippen LogP contribution in [0.15, 0.2) is 24.3 Å². The third-order valence-electron chi connectivity index (χ3n) is 2.88. The van der Waals surface area contributed by atoms with Gasteiger partial charge in [0.1, 0.15) is 5.75 Å². The molecule has 0 radical (unpaired) electrons. The molecule has 0 aliphatic rings. The highest BCUT2D eigenvalue weighted by Crippen LogP contribution is 2.13. The number of halogens is 1. The molecule has 0 saturated carbocycles. The van der Waals surface area contributed by atoms with Crippen molar-refractivity contribution in [3.8, 4) is 5.75 Å². The van der Waals surface area contributed by atoms with E-state index in [1.807, 2.05) is 12.1 Å². The van der Waals surface area contributed by atoms with Gasteiger partial charge in [-0.15, -0.1) is 0 Å². The van der Waals surface area contributed by atoms with E-state index >= 15 is 0 Å². The summed E-state index contributed by atoms with van der Waals surface area (Å²) in [5.74, 6) is 0.953. The number of ether oxygens (including phenoxy) is 1. The molecule has 0 aliphatic heterocycles. The third-order valence-corrected chi connectivity index (χ3v) is 4.12. The normalized spacial score (nSPS) is 11.5. The van der Waals surface area contributed by atoms with Crippen molar-refractivity contribution in [2.24, 2.45) is 0 Å². The van der Waals surface area contributed by atoms with Gasteiger partial charge in [0.15, 0.2) is 0 Å². The molecule has 0 aliphatic carbocycles. The summed E-state index contributed by atoms with van der Waals surface area (Å²) in [7, 11) is 1.80. The molecule has 5 heteroatoms. The molecule has 0 heterocycles. The molecule has 0 bridgehead atoms. The number of hydrogen-bond donors (Lipinski definition) is 0. The van der Waals surface area contributed by atoms with Crippen LogP contribution in [0.5, 0.6) is 5.75 Å². The molecule has 0 spiro atoms. The van der Waals surface area contributed by atoms with Crippen LogP contribution < -0.4 is 4.74 Å². The summed E-state index contributed by atoms with van der Waals surface area (Å²) in [4.78, 5) is 0. The molecule has 19 heavy (non-hydrogen) atoms. The second-order valence-corrected chi connectivity index (χ2v) is 7.40. The average Bonchev–Trinajstić information content (AvgIpc) is 2.37. The fraction of sp³-hybridized carbons (Fsp3) is 0.571. The van der Waals surface area contributed by atoms with Crippen LogP contribution in [0, 0.1) is 0 Å². The van der Waals surface area contributed by atoms with E-state index in [4.69, 9.17) is 15.4 Å². The fourth-order valence-electron chi connectivity index (χ4n) is 1.74. The Labute approximate surface area is 120 Å². The lowest BCUT2D eigenvalue weighted by atomic mass is 10.2. The number of rotatable bonds is 9. The Kier molecular flexibility index (Phi) is 7.24. The lowest BCUT2D eigenvalue weighted by molar-refractivity contribution is 0.305. The molecule has 1 aromatic carbocycles. The highest BCUT2D eigenvalue weighted by molar-refractivity contribution is 8.13. The van der Waals surface area contributed by atoms with Gasteiger partial charge in [-0.1, -0.05) is 31.9 Å². The van der Waals surface area contributed by atoms with Crippen LogP contribution >= 0.6 is 10.7 Å².